The maximum Gasteiger partial charge on any atom is 0.142 e. The molecule has 3 nitrogen and oxygen atoms in total. The normalized spacial score (nSPS) is 11.0. The SMILES string of the molecule is CCCCOCCCNCc1cc(Cl)cc(Cl)c1OCc1ccc(C)cc1. The van der Waals surface area contributed by atoms with Crippen LogP contribution >= 0.6 is 23.2 Å². The summed E-state index contributed by atoms with van der Waals surface area (Å²) in [6.07, 6.45) is 3.26. The fourth-order valence-corrected chi connectivity index (χ4v) is 3.21. The zero-order valence-electron chi connectivity index (χ0n) is 16.2. The Bertz CT molecular complexity index is 689. The third kappa shape index (κ3) is 8.10. The number of hydrogen-bond acceptors (Lipinski definition) is 3. The summed E-state index contributed by atoms with van der Waals surface area (Å²) in [4.78, 5) is 0. The molecular weight excluding hydrogens is 381 g/mol. The Kier molecular flexibility index (Phi) is 10.00. The molecule has 0 radical (unpaired) electrons. The average Bonchev–Trinajstić information content (AvgIpc) is 2.64. The topological polar surface area (TPSA) is 30.5 Å². The minimum atomic E-state index is 0.472. The van der Waals surface area contributed by atoms with Crippen molar-refractivity contribution in [3.05, 3.63) is 63.1 Å². The van der Waals surface area contributed by atoms with E-state index in [0.29, 0.717) is 28.9 Å². The molecular formula is C22H29Cl2NO2. The zero-order valence-corrected chi connectivity index (χ0v) is 17.7. The molecule has 0 amide bonds. The van der Waals surface area contributed by atoms with E-state index in [1.807, 2.05) is 6.07 Å². The number of hydrogen-bond donors (Lipinski definition) is 1. The number of nitrogens with one attached hydrogen (secondary N) is 1. The molecule has 2 aromatic carbocycles. The summed E-state index contributed by atoms with van der Waals surface area (Å²) in [7, 11) is 0. The van der Waals surface area contributed by atoms with Crippen LogP contribution in [0.3, 0.4) is 0 Å². The lowest BCUT2D eigenvalue weighted by Crippen LogP contribution is -2.17. The highest BCUT2D eigenvalue weighted by atomic mass is 35.5. The molecule has 0 atom stereocenters. The number of unbranched alkanes of at least 4 members (excludes halogenated alkanes) is 1. The first kappa shape index (κ1) is 22.0. The maximum absolute atomic E-state index is 6.38. The summed E-state index contributed by atoms with van der Waals surface area (Å²) in [5.41, 5.74) is 3.30. The Morgan fingerprint density at radius 2 is 1.74 bits per heavy atom. The lowest BCUT2D eigenvalue weighted by Gasteiger charge is -2.15. The number of aryl methyl sites for hydroxylation is 1. The highest BCUT2D eigenvalue weighted by Crippen LogP contribution is 2.33. The zero-order chi connectivity index (χ0) is 19.5. The molecule has 0 unspecified atom stereocenters. The van der Waals surface area contributed by atoms with Gasteiger partial charge < -0.3 is 14.8 Å². The van der Waals surface area contributed by atoms with E-state index in [4.69, 9.17) is 32.7 Å². The number of ether oxygens (including phenoxy) is 2. The minimum Gasteiger partial charge on any atom is -0.487 e. The van der Waals surface area contributed by atoms with E-state index in [0.717, 1.165) is 43.7 Å². The quantitative estimate of drug-likeness (QED) is 0.424. The number of benzene rings is 2. The molecule has 0 aromatic heterocycles. The highest BCUT2D eigenvalue weighted by Gasteiger charge is 2.11. The first-order chi connectivity index (χ1) is 13.1. The van der Waals surface area contributed by atoms with Crippen LogP contribution in [0.5, 0.6) is 5.75 Å². The van der Waals surface area contributed by atoms with Gasteiger partial charge in [-0.2, -0.15) is 0 Å². The first-order valence-corrected chi connectivity index (χ1v) is 10.3. The number of rotatable bonds is 12. The summed E-state index contributed by atoms with van der Waals surface area (Å²) >= 11 is 12.6. The van der Waals surface area contributed by atoms with E-state index >= 15 is 0 Å². The second-order valence-corrected chi connectivity index (χ2v) is 7.49. The van der Waals surface area contributed by atoms with Gasteiger partial charge in [0.15, 0.2) is 0 Å². The van der Waals surface area contributed by atoms with Crippen LogP contribution in [-0.4, -0.2) is 19.8 Å². The molecule has 148 valence electrons. The van der Waals surface area contributed by atoms with Gasteiger partial charge >= 0.3 is 0 Å². The predicted octanol–water partition coefficient (Wildman–Crippen LogP) is 6.18. The van der Waals surface area contributed by atoms with Crippen molar-refractivity contribution in [1.29, 1.82) is 0 Å². The molecule has 0 aliphatic heterocycles. The fraction of sp³-hybridized carbons (Fsp3) is 0.455. The largest absolute Gasteiger partial charge is 0.487 e. The van der Waals surface area contributed by atoms with Crippen molar-refractivity contribution >= 4 is 23.2 Å². The number of halogens is 2. The standard InChI is InChI=1S/C22H29Cl2NO2/c1-3-4-11-26-12-5-10-25-15-19-13-20(23)14-21(24)22(19)27-16-18-8-6-17(2)7-9-18/h6-9,13-14,25H,3-5,10-12,15-16H2,1-2H3. The Labute approximate surface area is 173 Å². The van der Waals surface area contributed by atoms with Crippen LogP contribution in [0.2, 0.25) is 10.0 Å². The van der Waals surface area contributed by atoms with Crippen molar-refractivity contribution in [3.63, 3.8) is 0 Å². The van der Waals surface area contributed by atoms with E-state index in [2.05, 4.69) is 43.4 Å². The van der Waals surface area contributed by atoms with Crippen molar-refractivity contribution in [1.82, 2.24) is 5.32 Å². The van der Waals surface area contributed by atoms with E-state index in [9.17, 15) is 0 Å². The molecule has 1 N–H and O–H groups in total. The first-order valence-electron chi connectivity index (χ1n) is 9.55. The van der Waals surface area contributed by atoms with E-state index < -0.39 is 0 Å². The fourth-order valence-electron chi connectivity index (χ4n) is 2.62. The smallest absolute Gasteiger partial charge is 0.142 e. The van der Waals surface area contributed by atoms with Gasteiger partial charge in [0.25, 0.3) is 0 Å². The molecule has 5 heteroatoms. The Balaban J connectivity index is 1.86. The van der Waals surface area contributed by atoms with Crippen LogP contribution in [-0.2, 0) is 17.9 Å². The van der Waals surface area contributed by atoms with Crippen molar-refractivity contribution in [3.8, 4) is 5.75 Å². The maximum atomic E-state index is 6.38. The van der Waals surface area contributed by atoms with Crippen LogP contribution in [0.15, 0.2) is 36.4 Å². The molecule has 0 bridgehead atoms. The lowest BCUT2D eigenvalue weighted by atomic mass is 10.1. The van der Waals surface area contributed by atoms with Gasteiger partial charge in [-0.15, -0.1) is 0 Å². The second kappa shape index (κ2) is 12.2. The van der Waals surface area contributed by atoms with Gasteiger partial charge in [0, 0.05) is 30.3 Å². The van der Waals surface area contributed by atoms with Gasteiger partial charge in [-0.1, -0.05) is 66.4 Å². The van der Waals surface area contributed by atoms with Gasteiger partial charge in [0.05, 0.1) is 5.02 Å². The van der Waals surface area contributed by atoms with Crippen molar-refractivity contribution in [2.45, 2.75) is 46.3 Å². The summed E-state index contributed by atoms with van der Waals surface area (Å²) in [5.74, 6) is 0.688. The molecule has 0 heterocycles. The van der Waals surface area contributed by atoms with Gasteiger partial charge in [-0.05, 0) is 44.0 Å². The lowest BCUT2D eigenvalue weighted by molar-refractivity contribution is 0.128. The summed E-state index contributed by atoms with van der Waals surface area (Å²) in [6.45, 7) is 7.85. The molecule has 0 fully saturated rings. The van der Waals surface area contributed by atoms with Crippen LogP contribution < -0.4 is 10.1 Å². The van der Waals surface area contributed by atoms with E-state index in [1.54, 1.807) is 6.07 Å². The van der Waals surface area contributed by atoms with Crippen LogP contribution in [0.25, 0.3) is 0 Å². The third-order valence-corrected chi connectivity index (χ3v) is 4.69. The molecule has 2 aromatic rings. The Morgan fingerprint density at radius 3 is 2.48 bits per heavy atom. The molecule has 0 aliphatic rings. The Hall–Kier alpha value is -1.26. The second-order valence-electron chi connectivity index (χ2n) is 6.65. The monoisotopic (exact) mass is 409 g/mol. The summed E-state index contributed by atoms with van der Waals surface area (Å²) in [5, 5.41) is 4.57. The summed E-state index contributed by atoms with van der Waals surface area (Å²) < 4.78 is 11.6. The van der Waals surface area contributed by atoms with Gasteiger partial charge in [-0.25, -0.2) is 0 Å². The van der Waals surface area contributed by atoms with Crippen molar-refractivity contribution < 1.29 is 9.47 Å². The van der Waals surface area contributed by atoms with E-state index in [1.165, 1.54) is 12.0 Å². The molecule has 0 saturated carbocycles. The molecule has 27 heavy (non-hydrogen) atoms. The van der Waals surface area contributed by atoms with Gasteiger partial charge in [0.2, 0.25) is 0 Å². The molecule has 0 aliphatic carbocycles. The third-order valence-electron chi connectivity index (χ3n) is 4.19. The Morgan fingerprint density at radius 1 is 1.00 bits per heavy atom. The predicted molar refractivity (Wildman–Crippen MR) is 114 cm³/mol. The van der Waals surface area contributed by atoms with Crippen LogP contribution in [0.4, 0.5) is 0 Å². The van der Waals surface area contributed by atoms with Crippen molar-refractivity contribution in [2.24, 2.45) is 0 Å². The molecule has 2 rings (SSSR count). The van der Waals surface area contributed by atoms with Gasteiger partial charge in [-0.3, -0.25) is 0 Å². The molecule has 0 saturated heterocycles. The summed E-state index contributed by atoms with van der Waals surface area (Å²) in [6, 6.07) is 11.9. The van der Waals surface area contributed by atoms with E-state index in [-0.39, 0.29) is 0 Å². The molecule has 0 spiro atoms. The van der Waals surface area contributed by atoms with Gasteiger partial charge in [0.1, 0.15) is 12.4 Å². The average molecular weight is 410 g/mol. The van der Waals surface area contributed by atoms with Crippen LogP contribution in [0, 0.1) is 6.92 Å². The van der Waals surface area contributed by atoms with Crippen molar-refractivity contribution in [2.75, 3.05) is 19.8 Å². The van der Waals surface area contributed by atoms with Crippen LogP contribution in [0.1, 0.15) is 42.9 Å². The highest BCUT2D eigenvalue weighted by molar-refractivity contribution is 6.35. The minimum absolute atomic E-state index is 0.472.